The van der Waals surface area contributed by atoms with E-state index in [2.05, 4.69) is 33.9 Å². The Kier molecular flexibility index (Phi) is 4.96. The highest BCUT2D eigenvalue weighted by atomic mass is 16.7. The molecule has 0 spiro atoms. The number of pyridine rings is 1. The molecule has 1 N–H and O–H groups in total. The Hall–Kier alpha value is -3.19. The van der Waals surface area contributed by atoms with E-state index in [9.17, 15) is 4.79 Å². The molecule has 0 amide bonds. The lowest BCUT2D eigenvalue weighted by Gasteiger charge is -2.32. The molecule has 2 aliphatic rings. The Labute approximate surface area is 174 Å². The normalized spacial score (nSPS) is 18.5. The topological polar surface area (TPSA) is 80.3 Å². The van der Waals surface area contributed by atoms with Crippen LogP contribution >= 0.6 is 0 Å². The van der Waals surface area contributed by atoms with Crippen molar-refractivity contribution in [2.45, 2.75) is 32.2 Å². The molecule has 0 aliphatic carbocycles. The van der Waals surface area contributed by atoms with Crippen LogP contribution in [0.15, 0.2) is 47.4 Å². The first-order chi connectivity index (χ1) is 14.7. The third-order valence-electron chi connectivity index (χ3n) is 5.82. The van der Waals surface area contributed by atoms with Crippen molar-refractivity contribution >= 4 is 0 Å². The number of nitrogens with zero attached hydrogens (tertiary/aromatic N) is 3. The summed E-state index contributed by atoms with van der Waals surface area (Å²) < 4.78 is 11.0. The number of aromatic nitrogens is 3. The van der Waals surface area contributed by atoms with Crippen molar-refractivity contribution in [2.75, 3.05) is 19.9 Å². The molecular weight excluding hydrogens is 380 g/mol. The minimum absolute atomic E-state index is 0.135. The lowest BCUT2D eigenvalue weighted by molar-refractivity contribution is 0.173. The Morgan fingerprint density at radius 1 is 1.20 bits per heavy atom. The predicted octanol–water partition coefficient (Wildman–Crippen LogP) is 3.25. The molecule has 7 nitrogen and oxygen atoms in total. The van der Waals surface area contributed by atoms with Gasteiger partial charge in [-0.2, -0.15) is 0 Å². The highest BCUT2D eigenvalue weighted by Gasteiger charge is 2.25. The molecule has 7 heteroatoms. The van der Waals surface area contributed by atoms with Gasteiger partial charge in [-0.25, -0.2) is 4.98 Å². The molecule has 3 aromatic rings. The van der Waals surface area contributed by atoms with E-state index in [0.29, 0.717) is 11.5 Å². The van der Waals surface area contributed by atoms with Crippen molar-refractivity contribution in [2.24, 2.45) is 0 Å². The number of rotatable bonds is 4. The Bertz CT molecular complexity index is 1110. The summed E-state index contributed by atoms with van der Waals surface area (Å²) in [7, 11) is 0. The highest BCUT2D eigenvalue weighted by molar-refractivity contribution is 5.49. The van der Waals surface area contributed by atoms with E-state index in [-0.39, 0.29) is 18.3 Å². The van der Waals surface area contributed by atoms with Gasteiger partial charge in [0.2, 0.25) is 6.79 Å². The van der Waals surface area contributed by atoms with Crippen LogP contribution in [0.4, 0.5) is 0 Å². The van der Waals surface area contributed by atoms with Gasteiger partial charge >= 0.3 is 0 Å². The van der Waals surface area contributed by atoms with Crippen LogP contribution in [0.5, 0.6) is 11.5 Å². The number of benzene rings is 1. The monoisotopic (exact) mass is 404 g/mol. The lowest BCUT2D eigenvalue weighted by Crippen LogP contribution is -2.34. The second-order valence-electron chi connectivity index (χ2n) is 7.94. The molecule has 2 aromatic heterocycles. The molecule has 154 valence electrons. The molecule has 30 heavy (non-hydrogen) atoms. The van der Waals surface area contributed by atoms with E-state index in [4.69, 9.17) is 14.5 Å². The lowest BCUT2D eigenvalue weighted by atomic mass is 9.93. The van der Waals surface area contributed by atoms with Crippen molar-refractivity contribution in [1.82, 2.24) is 19.9 Å². The van der Waals surface area contributed by atoms with E-state index in [0.717, 1.165) is 49.7 Å². The number of ether oxygens (including phenoxy) is 2. The molecule has 1 atom stereocenters. The van der Waals surface area contributed by atoms with Crippen LogP contribution < -0.4 is 15.0 Å². The van der Waals surface area contributed by atoms with Crippen LogP contribution in [-0.4, -0.2) is 39.7 Å². The Morgan fingerprint density at radius 3 is 2.90 bits per heavy atom. The zero-order valence-corrected chi connectivity index (χ0v) is 16.9. The maximum atomic E-state index is 12.3. The number of nitrogens with one attached hydrogen (secondary N) is 1. The Morgan fingerprint density at radius 2 is 2.07 bits per heavy atom. The van der Waals surface area contributed by atoms with Crippen LogP contribution in [0.3, 0.4) is 0 Å². The average molecular weight is 404 g/mol. The van der Waals surface area contributed by atoms with E-state index in [1.807, 2.05) is 18.2 Å². The van der Waals surface area contributed by atoms with E-state index in [1.165, 1.54) is 11.1 Å². The molecule has 1 fully saturated rings. The number of aromatic amines is 1. The van der Waals surface area contributed by atoms with E-state index < -0.39 is 0 Å². The molecule has 4 heterocycles. The fraction of sp³-hybridized carbons (Fsp3) is 0.348. The van der Waals surface area contributed by atoms with Gasteiger partial charge in [-0.3, -0.25) is 14.7 Å². The van der Waals surface area contributed by atoms with Gasteiger partial charge in [-0.1, -0.05) is 6.07 Å². The molecule has 0 bridgehead atoms. The number of piperidine rings is 1. The average Bonchev–Trinajstić information content (AvgIpc) is 3.21. The molecule has 0 radical (unpaired) electrons. The first kappa shape index (κ1) is 18.8. The van der Waals surface area contributed by atoms with Gasteiger partial charge in [-0.15, -0.1) is 0 Å². The first-order valence-corrected chi connectivity index (χ1v) is 10.3. The summed E-state index contributed by atoms with van der Waals surface area (Å²) in [6.07, 6.45) is 3.80. The van der Waals surface area contributed by atoms with Gasteiger partial charge in [0.05, 0.1) is 5.69 Å². The molecule has 2 aliphatic heterocycles. The summed E-state index contributed by atoms with van der Waals surface area (Å²) >= 11 is 0. The Balaban J connectivity index is 1.36. The fourth-order valence-electron chi connectivity index (χ4n) is 4.25. The zero-order chi connectivity index (χ0) is 20.5. The second kappa shape index (κ2) is 7.91. The predicted molar refractivity (Wildman–Crippen MR) is 113 cm³/mol. The minimum Gasteiger partial charge on any atom is -0.454 e. The van der Waals surface area contributed by atoms with Gasteiger partial charge in [0.15, 0.2) is 17.3 Å². The summed E-state index contributed by atoms with van der Waals surface area (Å²) in [5.74, 6) is 2.39. The SMILES string of the molecule is Cc1cc2c(cc1CN1CCCC(c3cc(=O)[nH]c(-c4ccccn4)n3)C1)OCO2. The smallest absolute Gasteiger partial charge is 0.251 e. The van der Waals surface area contributed by atoms with Crippen LogP contribution in [-0.2, 0) is 6.54 Å². The van der Waals surface area contributed by atoms with E-state index in [1.54, 1.807) is 12.3 Å². The molecule has 1 unspecified atom stereocenters. The summed E-state index contributed by atoms with van der Waals surface area (Å²) in [6.45, 7) is 5.13. The van der Waals surface area contributed by atoms with Crippen LogP contribution in [0.1, 0.15) is 35.6 Å². The summed E-state index contributed by atoms with van der Waals surface area (Å²) in [4.78, 5) is 26.6. The molecule has 5 rings (SSSR count). The van der Waals surface area contributed by atoms with Gasteiger partial charge in [0, 0.05) is 31.3 Å². The molecular formula is C23H24N4O3. The largest absolute Gasteiger partial charge is 0.454 e. The number of H-pyrrole nitrogens is 1. The third-order valence-corrected chi connectivity index (χ3v) is 5.82. The van der Waals surface area contributed by atoms with Crippen LogP contribution in [0.25, 0.3) is 11.5 Å². The fourth-order valence-corrected chi connectivity index (χ4v) is 4.25. The van der Waals surface area contributed by atoms with Crippen molar-refractivity contribution in [3.63, 3.8) is 0 Å². The minimum atomic E-state index is -0.135. The summed E-state index contributed by atoms with van der Waals surface area (Å²) in [5.41, 5.74) is 3.83. The standard InChI is InChI=1S/C23H24N4O3/c1-15-9-20-21(30-14-29-20)10-17(15)13-27-8-4-5-16(12-27)19-11-22(28)26-23(25-19)18-6-2-3-7-24-18/h2-3,6-7,9-11,16H,4-5,8,12-14H2,1H3,(H,25,26,28). The van der Waals surface area contributed by atoms with Gasteiger partial charge in [0.25, 0.3) is 5.56 Å². The van der Waals surface area contributed by atoms with Crippen molar-refractivity contribution in [1.29, 1.82) is 0 Å². The zero-order valence-electron chi connectivity index (χ0n) is 16.9. The number of aryl methyl sites for hydroxylation is 1. The number of hydrogen-bond acceptors (Lipinski definition) is 6. The number of likely N-dealkylation sites (tertiary alicyclic amines) is 1. The highest BCUT2D eigenvalue weighted by Crippen LogP contribution is 2.35. The van der Waals surface area contributed by atoms with Gasteiger partial charge in [0.1, 0.15) is 5.69 Å². The van der Waals surface area contributed by atoms with Crippen molar-refractivity contribution in [3.8, 4) is 23.0 Å². The maximum Gasteiger partial charge on any atom is 0.251 e. The van der Waals surface area contributed by atoms with Gasteiger partial charge < -0.3 is 14.5 Å². The van der Waals surface area contributed by atoms with Crippen molar-refractivity contribution in [3.05, 3.63) is 69.8 Å². The second-order valence-corrected chi connectivity index (χ2v) is 7.94. The quantitative estimate of drug-likeness (QED) is 0.719. The molecule has 1 saturated heterocycles. The number of fused-ring (bicyclic) bond motifs is 1. The summed E-state index contributed by atoms with van der Waals surface area (Å²) in [6, 6.07) is 11.4. The third kappa shape index (κ3) is 3.80. The van der Waals surface area contributed by atoms with Crippen molar-refractivity contribution < 1.29 is 9.47 Å². The summed E-state index contributed by atoms with van der Waals surface area (Å²) in [5, 5.41) is 0. The van der Waals surface area contributed by atoms with Crippen LogP contribution in [0, 0.1) is 6.92 Å². The van der Waals surface area contributed by atoms with E-state index >= 15 is 0 Å². The maximum absolute atomic E-state index is 12.3. The first-order valence-electron chi connectivity index (χ1n) is 10.3. The van der Waals surface area contributed by atoms with Gasteiger partial charge in [-0.05, 0) is 61.7 Å². The van der Waals surface area contributed by atoms with Crippen LogP contribution in [0.2, 0.25) is 0 Å². The number of hydrogen-bond donors (Lipinski definition) is 1. The molecule has 1 aromatic carbocycles. The molecule has 0 saturated carbocycles.